The second-order valence-electron chi connectivity index (χ2n) is 6.78. The monoisotopic (exact) mass is 308 g/mol. The summed E-state index contributed by atoms with van der Waals surface area (Å²) in [5.74, 6) is 1.91. The van der Waals surface area contributed by atoms with Crippen LogP contribution in [0, 0.1) is 11.8 Å². The highest BCUT2D eigenvalue weighted by Crippen LogP contribution is 2.45. The molecule has 128 valence electrons. The highest BCUT2D eigenvalue weighted by molar-refractivity contribution is 5.05. The van der Waals surface area contributed by atoms with E-state index in [0.29, 0.717) is 6.61 Å². The minimum absolute atomic E-state index is 0.275. The second-order valence-corrected chi connectivity index (χ2v) is 6.78. The van der Waals surface area contributed by atoms with Crippen LogP contribution in [0.2, 0.25) is 0 Å². The average Bonchev–Trinajstić information content (AvgIpc) is 3.26. The van der Waals surface area contributed by atoms with Crippen molar-refractivity contribution < 1.29 is 10.2 Å². The van der Waals surface area contributed by atoms with Crippen LogP contribution in [0.3, 0.4) is 0 Å². The van der Waals surface area contributed by atoms with Crippen LogP contribution in [0.4, 0.5) is 0 Å². The van der Waals surface area contributed by atoms with Crippen molar-refractivity contribution in [2.75, 3.05) is 6.61 Å². The number of allylic oxidation sites excluding steroid dienone is 3. The molecule has 0 saturated heterocycles. The first-order valence-electron chi connectivity index (χ1n) is 9.40. The lowest BCUT2D eigenvalue weighted by atomic mass is 10.1. The Morgan fingerprint density at radius 1 is 1.00 bits per heavy atom. The van der Waals surface area contributed by atoms with Crippen molar-refractivity contribution in [3.8, 4) is 0 Å². The van der Waals surface area contributed by atoms with E-state index in [1.165, 1.54) is 44.9 Å². The van der Waals surface area contributed by atoms with Gasteiger partial charge in [-0.3, -0.25) is 0 Å². The van der Waals surface area contributed by atoms with Gasteiger partial charge in [0.1, 0.15) is 0 Å². The highest BCUT2D eigenvalue weighted by atomic mass is 16.3. The Labute approximate surface area is 137 Å². The molecule has 2 heteroatoms. The summed E-state index contributed by atoms with van der Waals surface area (Å²) in [6.45, 7) is 2.53. The predicted octanol–water partition coefficient (Wildman–Crippen LogP) is 5.01. The van der Waals surface area contributed by atoms with Crippen LogP contribution in [-0.2, 0) is 0 Å². The fourth-order valence-corrected chi connectivity index (χ4v) is 3.09. The molecule has 22 heavy (non-hydrogen) atoms. The Bertz CT molecular complexity index is 309. The summed E-state index contributed by atoms with van der Waals surface area (Å²) in [6, 6.07) is 0. The van der Waals surface area contributed by atoms with E-state index in [1.807, 2.05) is 12.2 Å². The van der Waals surface area contributed by atoms with Gasteiger partial charge in [-0.05, 0) is 43.9 Å². The van der Waals surface area contributed by atoms with Crippen molar-refractivity contribution in [2.45, 2.75) is 83.7 Å². The molecule has 2 nitrogen and oxygen atoms in total. The maximum absolute atomic E-state index is 9.75. The molecule has 0 aromatic carbocycles. The molecule has 3 atom stereocenters. The summed E-state index contributed by atoms with van der Waals surface area (Å²) in [4.78, 5) is 0. The molecule has 0 heterocycles. The summed E-state index contributed by atoms with van der Waals surface area (Å²) in [6.07, 6.45) is 21.1. The zero-order valence-electron chi connectivity index (χ0n) is 14.4. The van der Waals surface area contributed by atoms with Crippen LogP contribution >= 0.6 is 0 Å². The highest BCUT2D eigenvalue weighted by Gasteiger charge is 2.34. The summed E-state index contributed by atoms with van der Waals surface area (Å²) in [5, 5.41) is 18.5. The molecule has 0 amide bonds. The van der Waals surface area contributed by atoms with Crippen LogP contribution < -0.4 is 0 Å². The Morgan fingerprint density at radius 2 is 1.82 bits per heavy atom. The van der Waals surface area contributed by atoms with Gasteiger partial charge < -0.3 is 10.2 Å². The third-order valence-corrected chi connectivity index (χ3v) is 4.69. The van der Waals surface area contributed by atoms with Gasteiger partial charge in [0.25, 0.3) is 0 Å². The molecule has 1 rings (SSSR count). The number of rotatable bonds is 14. The molecule has 0 aromatic heterocycles. The lowest BCUT2D eigenvalue weighted by Gasteiger charge is -2.03. The van der Waals surface area contributed by atoms with Crippen LogP contribution in [0.15, 0.2) is 24.3 Å². The normalized spacial score (nSPS) is 22.7. The van der Waals surface area contributed by atoms with Crippen molar-refractivity contribution in [1.82, 2.24) is 0 Å². The molecule has 0 aliphatic heterocycles. The first-order valence-corrected chi connectivity index (χ1v) is 9.40. The molecular formula is C20H36O2. The lowest BCUT2D eigenvalue weighted by molar-refractivity contribution is 0.208. The van der Waals surface area contributed by atoms with E-state index in [-0.39, 0.29) is 6.10 Å². The molecule has 1 unspecified atom stereocenters. The Morgan fingerprint density at radius 3 is 2.59 bits per heavy atom. The fraction of sp³-hybridized carbons (Fsp3) is 0.800. The van der Waals surface area contributed by atoms with Gasteiger partial charge in [-0.2, -0.15) is 0 Å². The lowest BCUT2D eigenvalue weighted by Crippen LogP contribution is -2.00. The van der Waals surface area contributed by atoms with Gasteiger partial charge in [-0.25, -0.2) is 0 Å². The maximum Gasteiger partial charge on any atom is 0.0723 e. The number of aliphatic hydroxyl groups is 2. The first kappa shape index (κ1) is 19.4. The van der Waals surface area contributed by atoms with Gasteiger partial charge in [0, 0.05) is 6.61 Å². The standard InChI is InChI=1S/C20H36O2/c1-2-3-7-14-20(22)15-10-5-4-8-12-18-17-19(18)13-9-6-11-16-21/h4-5,10,15,18-22H,2-3,6-9,11-14,16-17H2,1H3/b5-4-,15-10+/t18-,19+,20?/m0/s1. The van der Waals surface area contributed by atoms with Crippen LogP contribution in [0.1, 0.15) is 77.6 Å². The number of hydrogen-bond donors (Lipinski definition) is 2. The Hall–Kier alpha value is -0.600. The minimum Gasteiger partial charge on any atom is -0.396 e. The molecule has 1 aliphatic carbocycles. The average molecular weight is 309 g/mol. The SMILES string of the molecule is CCCCCC(O)/C=C/C=C\CC[C@H]1C[C@H]1CCCCCO. The Kier molecular flexibility index (Phi) is 11.4. The Balaban J connectivity index is 1.94. The quantitative estimate of drug-likeness (QED) is 0.350. The van der Waals surface area contributed by atoms with Gasteiger partial charge in [-0.1, -0.05) is 69.8 Å². The van der Waals surface area contributed by atoms with Crippen LogP contribution in [0.25, 0.3) is 0 Å². The maximum atomic E-state index is 9.75. The van der Waals surface area contributed by atoms with E-state index in [1.54, 1.807) is 0 Å². The van der Waals surface area contributed by atoms with Crippen molar-refractivity contribution in [2.24, 2.45) is 11.8 Å². The van der Waals surface area contributed by atoms with Gasteiger partial charge in [0.15, 0.2) is 0 Å². The number of unbranched alkanes of at least 4 members (excludes halogenated alkanes) is 4. The number of aliphatic hydroxyl groups excluding tert-OH is 2. The smallest absolute Gasteiger partial charge is 0.0723 e. The fourth-order valence-electron chi connectivity index (χ4n) is 3.09. The van der Waals surface area contributed by atoms with E-state index >= 15 is 0 Å². The molecular weight excluding hydrogens is 272 g/mol. The molecule has 0 bridgehead atoms. The van der Waals surface area contributed by atoms with Gasteiger partial charge in [0.2, 0.25) is 0 Å². The van der Waals surface area contributed by atoms with Crippen LogP contribution in [-0.4, -0.2) is 22.9 Å². The van der Waals surface area contributed by atoms with E-state index in [4.69, 9.17) is 5.11 Å². The third-order valence-electron chi connectivity index (χ3n) is 4.69. The van der Waals surface area contributed by atoms with E-state index < -0.39 is 0 Å². The van der Waals surface area contributed by atoms with Crippen molar-refractivity contribution in [3.63, 3.8) is 0 Å². The molecule has 1 aliphatic rings. The summed E-state index contributed by atoms with van der Waals surface area (Å²) >= 11 is 0. The summed E-state index contributed by atoms with van der Waals surface area (Å²) < 4.78 is 0. The molecule has 1 fully saturated rings. The predicted molar refractivity (Wildman–Crippen MR) is 94.8 cm³/mol. The second kappa shape index (κ2) is 12.9. The van der Waals surface area contributed by atoms with Crippen LogP contribution in [0.5, 0.6) is 0 Å². The van der Waals surface area contributed by atoms with Gasteiger partial charge in [0.05, 0.1) is 6.10 Å². The van der Waals surface area contributed by atoms with Gasteiger partial charge in [-0.15, -0.1) is 0 Å². The van der Waals surface area contributed by atoms with E-state index in [2.05, 4.69) is 19.1 Å². The molecule has 1 saturated carbocycles. The first-order chi connectivity index (χ1) is 10.8. The zero-order valence-corrected chi connectivity index (χ0v) is 14.4. The molecule has 0 spiro atoms. The van der Waals surface area contributed by atoms with Crippen molar-refractivity contribution in [3.05, 3.63) is 24.3 Å². The summed E-state index contributed by atoms with van der Waals surface area (Å²) in [7, 11) is 0. The zero-order chi connectivity index (χ0) is 16.0. The topological polar surface area (TPSA) is 40.5 Å². The molecule has 0 aromatic rings. The molecule has 0 radical (unpaired) electrons. The largest absolute Gasteiger partial charge is 0.396 e. The molecule has 2 N–H and O–H groups in total. The van der Waals surface area contributed by atoms with E-state index in [0.717, 1.165) is 37.5 Å². The van der Waals surface area contributed by atoms with Crippen molar-refractivity contribution >= 4 is 0 Å². The number of hydrogen-bond acceptors (Lipinski definition) is 2. The van der Waals surface area contributed by atoms with Crippen molar-refractivity contribution in [1.29, 1.82) is 0 Å². The minimum atomic E-state index is -0.275. The van der Waals surface area contributed by atoms with Gasteiger partial charge >= 0.3 is 0 Å². The summed E-state index contributed by atoms with van der Waals surface area (Å²) in [5.41, 5.74) is 0. The van der Waals surface area contributed by atoms with E-state index in [9.17, 15) is 5.11 Å². The third kappa shape index (κ3) is 10.2.